The molecular weight excluding hydrogens is 248 g/mol. The molecule has 0 amide bonds. The molecule has 0 bridgehead atoms. The van der Waals surface area contributed by atoms with Gasteiger partial charge in [0.05, 0.1) is 11.2 Å². The Morgan fingerprint density at radius 3 is 2.75 bits per heavy atom. The maximum atomic E-state index is 6.01. The lowest BCUT2D eigenvalue weighted by molar-refractivity contribution is 0.671. The molecule has 0 spiro atoms. The van der Waals surface area contributed by atoms with Crippen LogP contribution in [0.4, 0.5) is 5.82 Å². The molecule has 102 valence electrons. The normalized spacial score (nSPS) is 11.1. The second-order valence-electron chi connectivity index (χ2n) is 4.95. The van der Waals surface area contributed by atoms with Gasteiger partial charge in [-0.3, -0.25) is 4.68 Å². The highest BCUT2D eigenvalue weighted by atomic mass is 15.3. The second-order valence-corrected chi connectivity index (χ2v) is 4.95. The van der Waals surface area contributed by atoms with Crippen molar-refractivity contribution in [1.82, 2.24) is 14.8 Å². The molecule has 0 atom stereocenters. The Morgan fingerprint density at radius 2 is 2.00 bits per heavy atom. The Hall–Kier alpha value is -2.36. The highest BCUT2D eigenvalue weighted by molar-refractivity contribution is 5.82. The number of rotatable bonds is 3. The molecule has 4 heteroatoms. The van der Waals surface area contributed by atoms with Crippen LogP contribution in [0.1, 0.15) is 23.7 Å². The van der Waals surface area contributed by atoms with Crippen molar-refractivity contribution in [3.8, 4) is 0 Å². The summed E-state index contributed by atoms with van der Waals surface area (Å²) in [6, 6.07) is 10.3. The van der Waals surface area contributed by atoms with E-state index in [9.17, 15) is 0 Å². The number of fused-ring (bicyclic) bond motifs is 1. The maximum absolute atomic E-state index is 6.01. The Kier molecular flexibility index (Phi) is 3.14. The van der Waals surface area contributed by atoms with Crippen molar-refractivity contribution in [3.05, 3.63) is 53.3 Å². The summed E-state index contributed by atoms with van der Waals surface area (Å²) in [6.45, 7) is 5.03. The summed E-state index contributed by atoms with van der Waals surface area (Å²) in [5, 5.41) is 5.91. The smallest absolute Gasteiger partial charge is 0.127 e. The molecule has 0 radical (unpaired) electrons. The Morgan fingerprint density at radius 1 is 1.20 bits per heavy atom. The average molecular weight is 266 g/mol. The van der Waals surface area contributed by atoms with Gasteiger partial charge in [-0.25, -0.2) is 4.98 Å². The van der Waals surface area contributed by atoms with Gasteiger partial charge < -0.3 is 5.73 Å². The zero-order valence-corrected chi connectivity index (χ0v) is 11.8. The molecule has 2 heterocycles. The largest absolute Gasteiger partial charge is 0.383 e. The van der Waals surface area contributed by atoms with E-state index in [2.05, 4.69) is 31.0 Å². The summed E-state index contributed by atoms with van der Waals surface area (Å²) in [7, 11) is 0. The van der Waals surface area contributed by atoms with Crippen LogP contribution in [0.2, 0.25) is 0 Å². The van der Waals surface area contributed by atoms with Gasteiger partial charge in [-0.05, 0) is 31.5 Å². The predicted molar refractivity (Wildman–Crippen MR) is 81.6 cm³/mol. The second kappa shape index (κ2) is 4.96. The number of benzene rings is 1. The number of hydrogen-bond acceptors (Lipinski definition) is 3. The van der Waals surface area contributed by atoms with E-state index in [4.69, 9.17) is 10.8 Å². The molecule has 2 N–H and O–H groups in total. The maximum Gasteiger partial charge on any atom is 0.127 e. The van der Waals surface area contributed by atoms with Gasteiger partial charge in [0.2, 0.25) is 0 Å². The van der Waals surface area contributed by atoms with Crippen LogP contribution in [0.5, 0.6) is 0 Å². The van der Waals surface area contributed by atoms with Crippen LogP contribution >= 0.6 is 0 Å². The molecular formula is C16H18N4. The van der Waals surface area contributed by atoms with Gasteiger partial charge in [-0.1, -0.05) is 18.2 Å². The fourth-order valence-corrected chi connectivity index (χ4v) is 2.58. The van der Waals surface area contributed by atoms with Crippen LogP contribution in [0.15, 0.2) is 36.5 Å². The highest BCUT2D eigenvalue weighted by Gasteiger charge is 2.12. The van der Waals surface area contributed by atoms with E-state index < -0.39 is 0 Å². The molecule has 1 aromatic carbocycles. The fourth-order valence-electron chi connectivity index (χ4n) is 2.58. The van der Waals surface area contributed by atoms with Gasteiger partial charge in [0.15, 0.2) is 0 Å². The van der Waals surface area contributed by atoms with Crippen molar-refractivity contribution in [1.29, 1.82) is 0 Å². The molecule has 0 aliphatic carbocycles. The van der Waals surface area contributed by atoms with Crippen molar-refractivity contribution < 1.29 is 0 Å². The predicted octanol–water partition coefficient (Wildman–Crippen LogP) is 2.93. The van der Waals surface area contributed by atoms with Crippen LogP contribution in [0.25, 0.3) is 10.9 Å². The lowest BCUT2D eigenvalue weighted by Crippen LogP contribution is -2.03. The SMILES string of the molecule is CCn1nc(Cc2c(C)ccnc2N)c2ccccc21. The van der Waals surface area contributed by atoms with Gasteiger partial charge in [-0.15, -0.1) is 0 Å². The minimum absolute atomic E-state index is 0.597. The van der Waals surface area contributed by atoms with E-state index in [1.807, 2.05) is 22.9 Å². The zero-order chi connectivity index (χ0) is 14.1. The summed E-state index contributed by atoms with van der Waals surface area (Å²) in [5.74, 6) is 0.597. The number of anilines is 1. The van der Waals surface area contributed by atoms with Crippen molar-refractivity contribution >= 4 is 16.7 Å². The quantitative estimate of drug-likeness (QED) is 0.793. The van der Waals surface area contributed by atoms with Gasteiger partial charge in [0, 0.05) is 30.1 Å². The zero-order valence-electron chi connectivity index (χ0n) is 11.8. The standard InChI is InChI=1S/C16H18N4/c1-3-20-15-7-5-4-6-12(15)14(19-20)10-13-11(2)8-9-18-16(13)17/h4-9H,3,10H2,1-2H3,(H2,17,18). The Balaban J connectivity index is 2.12. The van der Waals surface area contributed by atoms with E-state index in [1.165, 1.54) is 10.9 Å². The first-order valence-electron chi connectivity index (χ1n) is 6.85. The lowest BCUT2D eigenvalue weighted by Gasteiger charge is -2.06. The monoisotopic (exact) mass is 266 g/mol. The summed E-state index contributed by atoms with van der Waals surface area (Å²) in [6.07, 6.45) is 2.47. The molecule has 3 rings (SSSR count). The number of aryl methyl sites for hydroxylation is 2. The van der Waals surface area contributed by atoms with Crippen LogP contribution in [-0.2, 0) is 13.0 Å². The Labute approximate surface area is 118 Å². The number of nitrogen functional groups attached to an aromatic ring is 1. The molecule has 0 fully saturated rings. The van der Waals surface area contributed by atoms with Crippen LogP contribution < -0.4 is 5.73 Å². The van der Waals surface area contributed by atoms with Gasteiger partial charge >= 0.3 is 0 Å². The van der Waals surface area contributed by atoms with Crippen molar-refractivity contribution in [2.75, 3.05) is 5.73 Å². The van der Waals surface area contributed by atoms with E-state index in [0.717, 1.165) is 29.8 Å². The molecule has 0 aliphatic rings. The van der Waals surface area contributed by atoms with Crippen LogP contribution in [-0.4, -0.2) is 14.8 Å². The first-order valence-corrected chi connectivity index (χ1v) is 6.85. The molecule has 20 heavy (non-hydrogen) atoms. The fraction of sp³-hybridized carbons (Fsp3) is 0.250. The van der Waals surface area contributed by atoms with Gasteiger partial charge in [-0.2, -0.15) is 5.10 Å². The minimum atomic E-state index is 0.597. The van der Waals surface area contributed by atoms with Crippen LogP contribution in [0, 0.1) is 6.92 Å². The first-order chi connectivity index (χ1) is 9.70. The summed E-state index contributed by atoms with van der Waals surface area (Å²) >= 11 is 0. The van der Waals surface area contributed by atoms with Gasteiger partial charge in [0.1, 0.15) is 5.82 Å². The molecule has 2 aromatic heterocycles. The molecule has 4 nitrogen and oxygen atoms in total. The lowest BCUT2D eigenvalue weighted by atomic mass is 10.0. The molecule has 3 aromatic rings. The van der Waals surface area contributed by atoms with Crippen molar-refractivity contribution in [2.24, 2.45) is 0 Å². The summed E-state index contributed by atoms with van der Waals surface area (Å²) in [5.41, 5.74) is 10.5. The Bertz CT molecular complexity index is 738. The van der Waals surface area contributed by atoms with Gasteiger partial charge in [0.25, 0.3) is 0 Å². The first kappa shape index (κ1) is 12.7. The van der Waals surface area contributed by atoms with E-state index in [0.29, 0.717) is 5.82 Å². The number of nitrogens with zero attached hydrogens (tertiary/aromatic N) is 3. The average Bonchev–Trinajstić information content (AvgIpc) is 2.81. The number of para-hydroxylation sites is 1. The van der Waals surface area contributed by atoms with E-state index in [1.54, 1.807) is 6.20 Å². The van der Waals surface area contributed by atoms with Crippen molar-refractivity contribution in [2.45, 2.75) is 26.8 Å². The van der Waals surface area contributed by atoms with E-state index >= 15 is 0 Å². The van der Waals surface area contributed by atoms with Crippen molar-refractivity contribution in [3.63, 3.8) is 0 Å². The van der Waals surface area contributed by atoms with E-state index in [-0.39, 0.29) is 0 Å². The molecule has 0 unspecified atom stereocenters. The molecule has 0 saturated heterocycles. The summed E-state index contributed by atoms with van der Waals surface area (Å²) < 4.78 is 2.03. The number of nitrogens with two attached hydrogens (primary N) is 1. The van der Waals surface area contributed by atoms with Crippen LogP contribution in [0.3, 0.4) is 0 Å². The number of hydrogen-bond donors (Lipinski definition) is 1. The highest BCUT2D eigenvalue weighted by Crippen LogP contribution is 2.24. The summed E-state index contributed by atoms with van der Waals surface area (Å²) in [4.78, 5) is 4.19. The third-order valence-electron chi connectivity index (χ3n) is 3.70. The molecule has 0 saturated carbocycles. The third kappa shape index (κ3) is 2.03. The topological polar surface area (TPSA) is 56.7 Å². The minimum Gasteiger partial charge on any atom is -0.383 e. The number of aromatic nitrogens is 3. The molecule has 0 aliphatic heterocycles. The number of pyridine rings is 1. The third-order valence-corrected chi connectivity index (χ3v) is 3.70.